The van der Waals surface area contributed by atoms with E-state index in [1.165, 1.54) is 28.4 Å². The molecule has 6 heteroatoms. The lowest BCUT2D eigenvalue weighted by molar-refractivity contribution is -0.133. The maximum absolute atomic E-state index is 12.2. The first-order chi connectivity index (χ1) is 11.6. The number of hydrogen-bond donors (Lipinski definition) is 0. The average molecular weight is 332 g/mol. The van der Waals surface area contributed by atoms with Gasteiger partial charge in [0.05, 0.1) is 34.9 Å². The lowest BCUT2D eigenvalue weighted by Crippen LogP contribution is -2.12. The summed E-state index contributed by atoms with van der Waals surface area (Å²) < 4.78 is 26.4. The third-order valence-corrected chi connectivity index (χ3v) is 3.37. The summed E-state index contributed by atoms with van der Waals surface area (Å²) in [6, 6.07) is 10.4. The number of carbonyl (C=O) groups excluding carboxylic acids is 1. The molecule has 24 heavy (non-hydrogen) atoms. The molecule has 0 saturated heterocycles. The molecular weight excluding hydrogens is 312 g/mol. The summed E-state index contributed by atoms with van der Waals surface area (Å²) >= 11 is 0. The summed E-state index contributed by atoms with van der Waals surface area (Å²) in [6.07, 6.45) is 0.0504. The lowest BCUT2D eigenvalue weighted by Gasteiger charge is -2.14. The van der Waals surface area contributed by atoms with Crippen LogP contribution in [0.3, 0.4) is 0 Å². The standard InChI is InChI=1S/C18H20O6/c1-20-13-7-5-6-8-14(13)24-17(19)11-12-9-15(21-2)18(23-4)16(10-12)22-3/h5-10H,11H2,1-4H3. The molecule has 128 valence electrons. The fourth-order valence-corrected chi connectivity index (χ4v) is 2.27. The topological polar surface area (TPSA) is 63.2 Å². The Bertz CT molecular complexity index is 685. The van der Waals surface area contributed by atoms with E-state index in [4.69, 9.17) is 23.7 Å². The third-order valence-electron chi connectivity index (χ3n) is 3.37. The van der Waals surface area contributed by atoms with Gasteiger partial charge in [0.15, 0.2) is 23.0 Å². The smallest absolute Gasteiger partial charge is 0.315 e. The van der Waals surface area contributed by atoms with Crippen molar-refractivity contribution in [3.05, 3.63) is 42.0 Å². The van der Waals surface area contributed by atoms with Crippen LogP contribution in [0.4, 0.5) is 0 Å². The zero-order valence-corrected chi connectivity index (χ0v) is 14.1. The van der Waals surface area contributed by atoms with Gasteiger partial charge in [0, 0.05) is 0 Å². The van der Waals surface area contributed by atoms with Crippen molar-refractivity contribution < 1.29 is 28.5 Å². The largest absolute Gasteiger partial charge is 0.493 e. The number of carbonyl (C=O) groups is 1. The van der Waals surface area contributed by atoms with Crippen molar-refractivity contribution in [3.8, 4) is 28.7 Å². The van der Waals surface area contributed by atoms with Crippen LogP contribution in [-0.2, 0) is 11.2 Å². The Labute approximate surface area is 140 Å². The molecule has 0 spiro atoms. The van der Waals surface area contributed by atoms with E-state index in [2.05, 4.69) is 0 Å². The molecule has 2 rings (SSSR count). The number of methoxy groups -OCH3 is 4. The van der Waals surface area contributed by atoms with Gasteiger partial charge in [0.25, 0.3) is 0 Å². The minimum Gasteiger partial charge on any atom is -0.493 e. The number of hydrogen-bond acceptors (Lipinski definition) is 6. The van der Waals surface area contributed by atoms with Gasteiger partial charge in [-0.3, -0.25) is 4.79 Å². The van der Waals surface area contributed by atoms with Gasteiger partial charge in [0.1, 0.15) is 0 Å². The highest BCUT2D eigenvalue weighted by molar-refractivity contribution is 5.76. The summed E-state index contributed by atoms with van der Waals surface area (Å²) in [4.78, 5) is 12.2. The predicted octanol–water partition coefficient (Wildman–Crippen LogP) is 2.87. The summed E-state index contributed by atoms with van der Waals surface area (Å²) in [5.41, 5.74) is 0.685. The van der Waals surface area contributed by atoms with Crippen molar-refractivity contribution >= 4 is 5.97 Å². The summed E-state index contributed by atoms with van der Waals surface area (Å²) in [6.45, 7) is 0. The zero-order valence-electron chi connectivity index (χ0n) is 14.1. The summed E-state index contributed by atoms with van der Waals surface area (Å²) in [5.74, 6) is 1.89. The maximum atomic E-state index is 12.2. The minimum absolute atomic E-state index is 0.0504. The lowest BCUT2D eigenvalue weighted by atomic mass is 10.1. The second-order valence-corrected chi connectivity index (χ2v) is 4.84. The molecule has 0 unspecified atom stereocenters. The van der Waals surface area contributed by atoms with Crippen molar-refractivity contribution in [3.63, 3.8) is 0 Å². The van der Waals surface area contributed by atoms with Crippen molar-refractivity contribution in [1.29, 1.82) is 0 Å². The molecule has 0 aliphatic carbocycles. The average Bonchev–Trinajstić information content (AvgIpc) is 2.61. The fraction of sp³-hybridized carbons (Fsp3) is 0.278. The summed E-state index contributed by atoms with van der Waals surface area (Å²) in [7, 11) is 6.09. The predicted molar refractivity (Wildman–Crippen MR) is 88.4 cm³/mol. The van der Waals surface area contributed by atoms with E-state index in [1.54, 1.807) is 36.4 Å². The molecular formula is C18H20O6. The highest BCUT2D eigenvalue weighted by Crippen LogP contribution is 2.38. The molecule has 2 aromatic carbocycles. The van der Waals surface area contributed by atoms with Crippen LogP contribution >= 0.6 is 0 Å². The van der Waals surface area contributed by atoms with Crippen LogP contribution in [0.15, 0.2) is 36.4 Å². The first-order valence-corrected chi connectivity index (χ1v) is 7.25. The molecule has 0 heterocycles. The zero-order chi connectivity index (χ0) is 17.5. The number of para-hydroxylation sites is 2. The third kappa shape index (κ3) is 3.90. The Morgan fingerprint density at radius 2 is 1.33 bits per heavy atom. The number of esters is 1. The van der Waals surface area contributed by atoms with Crippen molar-refractivity contribution in [2.45, 2.75) is 6.42 Å². The van der Waals surface area contributed by atoms with Crippen LogP contribution < -0.4 is 23.7 Å². The molecule has 0 fully saturated rings. The highest BCUT2D eigenvalue weighted by Gasteiger charge is 2.16. The van der Waals surface area contributed by atoms with Crippen LogP contribution in [0.2, 0.25) is 0 Å². The van der Waals surface area contributed by atoms with Crippen LogP contribution in [0.25, 0.3) is 0 Å². The van der Waals surface area contributed by atoms with E-state index in [0.717, 1.165) is 0 Å². The van der Waals surface area contributed by atoms with Gasteiger partial charge >= 0.3 is 5.97 Å². The van der Waals surface area contributed by atoms with Crippen molar-refractivity contribution in [2.24, 2.45) is 0 Å². The Balaban J connectivity index is 2.19. The minimum atomic E-state index is -0.422. The quantitative estimate of drug-likeness (QED) is 0.574. The molecule has 6 nitrogen and oxygen atoms in total. The van der Waals surface area contributed by atoms with Crippen LogP contribution in [0.5, 0.6) is 28.7 Å². The summed E-state index contributed by atoms with van der Waals surface area (Å²) in [5, 5.41) is 0. The molecule has 0 aliphatic heterocycles. The number of ether oxygens (including phenoxy) is 5. The fourth-order valence-electron chi connectivity index (χ4n) is 2.27. The van der Waals surface area contributed by atoms with Crippen LogP contribution in [0.1, 0.15) is 5.56 Å². The number of benzene rings is 2. The molecule has 0 radical (unpaired) electrons. The Hall–Kier alpha value is -2.89. The van der Waals surface area contributed by atoms with Gasteiger partial charge < -0.3 is 23.7 Å². The molecule has 0 aromatic heterocycles. The molecule has 2 aromatic rings. The highest BCUT2D eigenvalue weighted by atomic mass is 16.6. The van der Waals surface area contributed by atoms with Crippen molar-refractivity contribution in [1.82, 2.24) is 0 Å². The Kier molecular flexibility index (Phi) is 5.89. The molecule has 0 amide bonds. The van der Waals surface area contributed by atoms with E-state index >= 15 is 0 Å². The van der Waals surface area contributed by atoms with E-state index in [9.17, 15) is 4.79 Å². The van der Waals surface area contributed by atoms with E-state index in [1.807, 2.05) is 0 Å². The second-order valence-electron chi connectivity index (χ2n) is 4.84. The van der Waals surface area contributed by atoms with Gasteiger partial charge in [-0.2, -0.15) is 0 Å². The molecule has 0 aliphatic rings. The van der Waals surface area contributed by atoms with Crippen molar-refractivity contribution in [2.75, 3.05) is 28.4 Å². The first kappa shape index (κ1) is 17.5. The SMILES string of the molecule is COc1ccccc1OC(=O)Cc1cc(OC)c(OC)c(OC)c1. The van der Waals surface area contributed by atoms with Gasteiger partial charge in [0.2, 0.25) is 5.75 Å². The normalized spacial score (nSPS) is 10.0. The van der Waals surface area contributed by atoms with E-state index < -0.39 is 5.97 Å². The van der Waals surface area contributed by atoms with Gasteiger partial charge in [-0.25, -0.2) is 0 Å². The molecule has 0 saturated carbocycles. The van der Waals surface area contributed by atoms with Crippen LogP contribution in [-0.4, -0.2) is 34.4 Å². The van der Waals surface area contributed by atoms with Gasteiger partial charge in [-0.1, -0.05) is 12.1 Å². The Morgan fingerprint density at radius 3 is 1.83 bits per heavy atom. The second kappa shape index (κ2) is 8.10. The number of rotatable bonds is 7. The first-order valence-electron chi connectivity index (χ1n) is 7.25. The maximum Gasteiger partial charge on any atom is 0.315 e. The Morgan fingerprint density at radius 1 is 0.792 bits per heavy atom. The van der Waals surface area contributed by atoms with E-state index in [0.29, 0.717) is 34.3 Å². The van der Waals surface area contributed by atoms with Gasteiger partial charge in [-0.15, -0.1) is 0 Å². The monoisotopic (exact) mass is 332 g/mol. The van der Waals surface area contributed by atoms with Gasteiger partial charge in [-0.05, 0) is 29.8 Å². The molecule has 0 N–H and O–H groups in total. The molecule has 0 bridgehead atoms. The van der Waals surface area contributed by atoms with Crippen LogP contribution in [0, 0.1) is 0 Å². The van der Waals surface area contributed by atoms with E-state index in [-0.39, 0.29) is 6.42 Å². The molecule has 0 atom stereocenters.